The van der Waals surface area contributed by atoms with Gasteiger partial charge in [-0.2, -0.15) is 0 Å². The predicted octanol–water partition coefficient (Wildman–Crippen LogP) is 2.70. The lowest BCUT2D eigenvalue weighted by molar-refractivity contribution is 0.0196. The zero-order valence-electron chi connectivity index (χ0n) is 14.4. The van der Waals surface area contributed by atoms with Crippen molar-refractivity contribution in [1.29, 1.82) is 0 Å². The largest absolute Gasteiger partial charge is 0.329 e. The Hall–Kier alpha value is -0.120. The third kappa shape index (κ3) is 2.89. The first-order valence-electron chi connectivity index (χ1n) is 9.23. The van der Waals surface area contributed by atoms with E-state index in [2.05, 4.69) is 30.7 Å². The zero-order chi connectivity index (χ0) is 15.0. The van der Waals surface area contributed by atoms with E-state index in [1.807, 2.05) is 0 Å². The molecule has 3 rings (SSSR count). The average Bonchev–Trinajstić information content (AvgIpc) is 2.72. The van der Waals surface area contributed by atoms with Gasteiger partial charge in [-0.25, -0.2) is 0 Å². The molecule has 3 fully saturated rings. The minimum Gasteiger partial charge on any atom is -0.329 e. The molecule has 0 aromatic carbocycles. The summed E-state index contributed by atoms with van der Waals surface area (Å²) in [5, 5.41) is 0. The van der Waals surface area contributed by atoms with Crippen LogP contribution in [-0.4, -0.2) is 54.1 Å². The molecule has 3 aliphatic rings. The van der Waals surface area contributed by atoms with Gasteiger partial charge in [-0.1, -0.05) is 26.7 Å². The molecule has 3 nitrogen and oxygen atoms in total. The molecule has 2 heterocycles. The van der Waals surface area contributed by atoms with Crippen LogP contribution in [-0.2, 0) is 0 Å². The summed E-state index contributed by atoms with van der Waals surface area (Å²) in [6, 6.07) is 1.61. The van der Waals surface area contributed by atoms with Crippen molar-refractivity contribution in [2.24, 2.45) is 17.6 Å². The van der Waals surface area contributed by atoms with Gasteiger partial charge in [0.25, 0.3) is 0 Å². The van der Waals surface area contributed by atoms with Crippen molar-refractivity contribution in [2.75, 3.05) is 26.7 Å². The summed E-state index contributed by atoms with van der Waals surface area (Å²) in [6.07, 6.45) is 9.61. The number of likely N-dealkylation sites (tertiary alicyclic amines) is 1. The van der Waals surface area contributed by atoms with Gasteiger partial charge in [0, 0.05) is 37.3 Å². The summed E-state index contributed by atoms with van der Waals surface area (Å²) in [7, 11) is 2.35. The van der Waals surface area contributed by atoms with E-state index < -0.39 is 0 Å². The van der Waals surface area contributed by atoms with Gasteiger partial charge in [-0.15, -0.1) is 0 Å². The Bertz CT molecular complexity index is 356. The van der Waals surface area contributed by atoms with E-state index >= 15 is 0 Å². The van der Waals surface area contributed by atoms with Crippen LogP contribution in [0.15, 0.2) is 0 Å². The number of rotatable bonds is 3. The number of likely N-dealkylation sites (N-methyl/N-ethyl adjacent to an activating group) is 1. The third-order valence-electron chi connectivity index (χ3n) is 7.00. The van der Waals surface area contributed by atoms with Gasteiger partial charge in [0.2, 0.25) is 0 Å². The molecule has 1 saturated carbocycles. The molecule has 0 amide bonds. The minimum atomic E-state index is 0.304. The number of hydrogen-bond donors (Lipinski definition) is 1. The Kier molecular flexibility index (Phi) is 4.63. The van der Waals surface area contributed by atoms with E-state index in [0.29, 0.717) is 5.54 Å². The van der Waals surface area contributed by atoms with Crippen LogP contribution in [0.1, 0.15) is 58.8 Å². The Balaban J connectivity index is 1.76. The van der Waals surface area contributed by atoms with Crippen LogP contribution in [0.25, 0.3) is 0 Å². The molecule has 4 unspecified atom stereocenters. The predicted molar refractivity (Wildman–Crippen MR) is 89.3 cm³/mol. The lowest BCUT2D eigenvalue weighted by atomic mass is 9.70. The second kappa shape index (κ2) is 6.17. The van der Waals surface area contributed by atoms with E-state index in [0.717, 1.165) is 30.5 Å². The van der Waals surface area contributed by atoms with Crippen molar-refractivity contribution >= 4 is 0 Å². The first-order valence-corrected chi connectivity index (χ1v) is 9.23. The van der Waals surface area contributed by atoms with Gasteiger partial charge >= 0.3 is 0 Å². The maximum absolute atomic E-state index is 6.36. The van der Waals surface area contributed by atoms with Gasteiger partial charge < -0.3 is 5.73 Å². The Morgan fingerprint density at radius 1 is 1.14 bits per heavy atom. The fourth-order valence-corrected chi connectivity index (χ4v) is 5.30. The summed E-state index contributed by atoms with van der Waals surface area (Å²) in [6.45, 7) is 8.19. The fourth-order valence-electron chi connectivity index (χ4n) is 5.30. The molecule has 122 valence electrons. The van der Waals surface area contributed by atoms with Crippen LogP contribution in [0.5, 0.6) is 0 Å². The molecule has 2 N–H and O–H groups in total. The number of nitrogens with two attached hydrogens (primary N) is 1. The van der Waals surface area contributed by atoms with Crippen molar-refractivity contribution < 1.29 is 0 Å². The zero-order valence-corrected chi connectivity index (χ0v) is 14.4. The first kappa shape index (κ1) is 15.8. The molecule has 1 aliphatic carbocycles. The Labute approximate surface area is 131 Å². The summed E-state index contributed by atoms with van der Waals surface area (Å²) >= 11 is 0. The SMILES string of the molecule is CC(C)C1CCCC(CN)(N2CCC3CCC(C2)N3C)C1. The normalized spacial score (nSPS) is 42.4. The maximum atomic E-state index is 6.36. The van der Waals surface area contributed by atoms with Crippen LogP contribution in [0.2, 0.25) is 0 Å². The molecule has 2 saturated heterocycles. The number of fused-ring (bicyclic) bond motifs is 2. The van der Waals surface area contributed by atoms with Crippen molar-refractivity contribution in [2.45, 2.75) is 76.4 Å². The summed E-state index contributed by atoms with van der Waals surface area (Å²) in [4.78, 5) is 5.48. The molecule has 3 heteroatoms. The first-order chi connectivity index (χ1) is 10.1. The van der Waals surface area contributed by atoms with Crippen molar-refractivity contribution in [1.82, 2.24) is 9.80 Å². The van der Waals surface area contributed by atoms with Crippen LogP contribution in [0.3, 0.4) is 0 Å². The minimum absolute atomic E-state index is 0.304. The van der Waals surface area contributed by atoms with E-state index in [4.69, 9.17) is 5.73 Å². The fraction of sp³-hybridized carbons (Fsp3) is 1.00. The van der Waals surface area contributed by atoms with Gasteiger partial charge in [0.05, 0.1) is 0 Å². The summed E-state index contributed by atoms with van der Waals surface area (Å²) in [5.74, 6) is 1.68. The lowest BCUT2D eigenvalue weighted by Gasteiger charge is -2.50. The monoisotopic (exact) mass is 293 g/mol. The van der Waals surface area contributed by atoms with Crippen LogP contribution in [0.4, 0.5) is 0 Å². The molecule has 0 radical (unpaired) electrons. The van der Waals surface area contributed by atoms with Crippen LogP contribution >= 0.6 is 0 Å². The van der Waals surface area contributed by atoms with Gasteiger partial charge in [-0.3, -0.25) is 9.80 Å². The highest BCUT2D eigenvalue weighted by Crippen LogP contribution is 2.41. The number of hydrogen-bond acceptors (Lipinski definition) is 3. The molecular weight excluding hydrogens is 258 g/mol. The second-order valence-electron chi connectivity index (χ2n) is 8.31. The maximum Gasteiger partial charge on any atom is 0.0335 e. The summed E-state index contributed by atoms with van der Waals surface area (Å²) in [5.41, 5.74) is 6.66. The molecular formula is C18H35N3. The van der Waals surface area contributed by atoms with E-state index in [-0.39, 0.29) is 0 Å². The highest BCUT2D eigenvalue weighted by molar-refractivity contribution is 5.01. The third-order valence-corrected chi connectivity index (χ3v) is 7.00. The van der Waals surface area contributed by atoms with E-state index in [1.165, 1.54) is 58.0 Å². The highest BCUT2D eigenvalue weighted by atomic mass is 15.3. The lowest BCUT2D eigenvalue weighted by Crippen LogP contribution is -2.58. The molecule has 21 heavy (non-hydrogen) atoms. The van der Waals surface area contributed by atoms with Crippen molar-refractivity contribution in [3.63, 3.8) is 0 Å². The Morgan fingerprint density at radius 3 is 2.62 bits per heavy atom. The van der Waals surface area contributed by atoms with Gasteiger partial charge in [-0.05, 0) is 51.0 Å². The summed E-state index contributed by atoms with van der Waals surface area (Å²) < 4.78 is 0. The quantitative estimate of drug-likeness (QED) is 0.868. The molecule has 0 spiro atoms. The van der Waals surface area contributed by atoms with Crippen LogP contribution in [0, 0.1) is 11.8 Å². The standard InChI is InChI=1S/C18H35N3/c1-14(2)15-5-4-9-18(11-15,13-19)21-10-8-16-6-7-17(12-21)20(16)3/h14-17H,4-13,19H2,1-3H3. The smallest absolute Gasteiger partial charge is 0.0335 e. The molecule has 4 atom stereocenters. The topological polar surface area (TPSA) is 32.5 Å². The van der Waals surface area contributed by atoms with Gasteiger partial charge in [0.15, 0.2) is 0 Å². The number of nitrogens with zero attached hydrogens (tertiary/aromatic N) is 2. The molecule has 2 bridgehead atoms. The average molecular weight is 293 g/mol. The van der Waals surface area contributed by atoms with E-state index in [1.54, 1.807) is 0 Å². The van der Waals surface area contributed by atoms with Crippen LogP contribution < -0.4 is 5.73 Å². The highest BCUT2D eigenvalue weighted by Gasteiger charge is 2.44. The molecule has 0 aromatic heterocycles. The second-order valence-corrected chi connectivity index (χ2v) is 8.31. The van der Waals surface area contributed by atoms with Gasteiger partial charge in [0.1, 0.15) is 0 Å². The molecule has 2 aliphatic heterocycles. The van der Waals surface area contributed by atoms with E-state index in [9.17, 15) is 0 Å². The van der Waals surface area contributed by atoms with Crippen molar-refractivity contribution in [3.8, 4) is 0 Å². The molecule has 0 aromatic rings. The van der Waals surface area contributed by atoms with Crippen molar-refractivity contribution in [3.05, 3.63) is 0 Å². The Morgan fingerprint density at radius 2 is 1.90 bits per heavy atom.